The van der Waals surface area contributed by atoms with Gasteiger partial charge in [0.1, 0.15) is 29.7 Å². The van der Waals surface area contributed by atoms with E-state index in [1.807, 2.05) is 0 Å². The Kier molecular flexibility index (Phi) is 9.61. The first-order chi connectivity index (χ1) is 24.8. The van der Waals surface area contributed by atoms with Gasteiger partial charge in [0.2, 0.25) is 5.78 Å². The molecule has 0 bridgehead atoms. The topological polar surface area (TPSA) is 244 Å². The Hall–Kier alpha value is -4.61. The summed E-state index contributed by atoms with van der Waals surface area (Å²) >= 11 is 0. The summed E-state index contributed by atoms with van der Waals surface area (Å²) < 4.78 is 22.5. The monoisotopic (exact) mass is 736 g/mol. The number of fused-ring (bicyclic) bond motifs is 3. The fraction of sp³-hybridized carbons (Fsp3) is 0.447. The molecule has 1 saturated carbocycles. The SMILES string of the molecule is CC1OC(C)(C(=O)O)OC1/C=C/C=C/C=C/C(=O)O[C@H]1CC[C@H](c2ccc3c(c2O)C(=O)C2=C(C3=O)C3(O)C(=O)C(O)C(C)(O)CC3(O)C=C2)O[C@H]1C. The quantitative estimate of drug-likeness (QED) is 0.132. The van der Waals surface area contributed by atoms with E-state index in [1.54, 1.807) is 38.2 Å². The summed E-state index contributed by atoms with van der Waals surface area (Å²) in [6, 6.07) is 2.61. The van der Waals surface area contributed by atoms with E-state index in [2.05, 4.69) is 0 Å². The number of carboxylic acids is 1. The van der Waals surface area contributed by atoms with Gasteiger partial charge in [0.05, 0.1) is 35.0 Å². The molecule has 0 spiro atoms. The minimum Gasteiger partial charge on any atom is -0.507 e. The lowest BCUT2D eigenvalue weighted by Gasteiger charge is -2.53. The Labute approximate surface area is 303 Å². The number of carbonyl (C=O) groups is 5. The van der Waals surface area contributed by atoms with Gasteiger partial charge in [-0.15, -0.1) is 0 Å². The van der Waals surface area contributed by atoms with Crippen molar-refractivity contribution in [3.63, 3.8) is 0 Å². The second-order valence-electron chi connectivity index (χ2n) is 14.3. The summed E-state index contributed by atoms with van der Waals surface area (Å²) in [6.45, 7) is 5.79. The summed E-state index contributed by atoms with van der Waals surface area (Å²) in [6.07, 6.45) is 5.66. The second-order valence-corrected chi connectivity index (χ2v) is 14.3. The number of hydrogen-bond acceptors (Lipinski definition) is 14. The minimum absolute atomic E-state index is 0.176. The third-order valence-electron chi connectivity index (χ3n) is 10.5. The number of hydrogen-bond donors (Lipinski definition) is 6. The molecular formula is C38H40O15. The van der Waals surface area contributed by atoms with Crippen molar-refractivity contribution >= 4 is 29.3 Å². The summed E-state index contributed by atoms with van der Waals surface area (Å²) in [5.41, 5.74) is -9.49. The first-order valence-corrected chi connectivity index (χ1v) is 17.0. The summed E-state index contributed by atoms with van der Waals surface area (Å²) in [4.78, 5) is 64.8. The molecule has 10 atom stereocenters. The molecule has 0 amide bonds. The number of phenolic OH excluding ortho intramolecular Hbond substituents is 1. The number of carboxylic acid groups (broad SMARTS) is 1. The predicted molar refractivity (Wildman–Crippen MR) is 180 cm³/mol. The van der Waals surface area contributed by atoms with Gasteiger partial charge in [-0.05, 0) is 45.8 Å². The largest absolute Gasteiger partial charge is 0.507 e. The number of Topliss-reactive ketones (excluding diaryl/α,β-unsaturated/α-hetero) is 3. The second kappa shape index (κ2) is 13.4. The van der Waals surface area contributed by atoms with Crippen molar-refractivity contribution < 1.29 is 73.6 Å². The number of phenols is 1. The van der Waals surface area contributed by atoms with E-state index in [9.17, 15) is 54.6 Å². The van der Waals surface area contributed by atoms with Gasteiger partial charge in [-0.2, -0.15) is 0 Å². The molecule has 3 aliphatic carbocycles. The highest BCUT2D eigenvalue weighted by molar-refractivity contribution is 6.32. The molecule has 15 nitrogen and oxygen atoms in total. The lowest BCUT2D eigenvalue weighted by molar-refractivity contribution is -0.209. The molecule has 15 heteroatoms. The maximum absolute atomic E-state index is 13.8. The molecule has 7 unspecified atom stereocenters. The van der Waals surface area contributed by atoms with Crippen LogP contribution in [0.1, 0.15) is 79.3 Å². The Balaban J connectivity index is 1.10. The fourth-order valence-electron chi connectivity index (χ4n) is 7.59. The molecule has 53 heavy (non-hydrogen) atoms. The Bertz CT molecular complexity index is 1940. The molecule has 3 fully saturated rings. The number of ether oxygens (including phenoxy) is 4. The van der Waals surface area contributed by atoms with Gasteiger partial charge in [0, 0.05) is 36.1 Å². The fourth-order valence-corrected chi connectivity index (χ4v) is 7.59. The lowest BCUT2D eigenvalue weighted by atomic mass is 9.56. The van der Waals surface area contributed by atoms with Gasteiger partial charge >= 0.3 is 11.9 Å². The van der Waals surface area contributed by atoms with E-state index < -0.39 is 117 Å². The number of aliphatic hydroxyl groups is 4. The van der Waals surface area contributed by atoms with Crippen LogP contribution in [0.2, 0.25) is 0 Å². The van der Waals surface area contributed by atoms with Crippen LogP contribution in [0.15, 0.2) is 71.9 Å². The van der Waals surface area contributed by atoms with Crippen molar-refractivity contribution in [3.05, 3.63) is 88.6 Å². The predicted octanol–water partition coefficient (Wildman–Crippen LogP) is 1.61. The van der Waals surface area contributed by atoms with E-state index >= 15 is 0 Å². The average Bonchev–Trinajstić information content (AvgIpc) is 3.39. The third kappa shape index (κ3) is 6.21. The van der Waals surface area contributed by atoms with E-state index in [4.69, 9.17) is 18.9 Å². The van der Waals surface area contributed by atoms with Crippen molar-refractivity contribution in [1.82, 2.24) is 0 Å². The van der Waals surface area contributed by atoms with E-state index in [1.165, 1.54) is 31.2 Å². The Morgan fingerprint density at radius 2 is 1.64 bits per heavy atom. The molecule has 6 rings (SSSR count). The summed E-state index contributed by atoms with van der Waals surface area (Å²) in [5.74, 6) is -7.54. The minimum atomic E-state index is -3.05. The molecule has 6 N–H and O–H groups in total. The van der Waals surface area contributed by atoms with Crippen molar-refractivity contribution in [1.29, 1.82) is 0 Å². The number of carbonyl (C=O) groups excluding carboxylic acids is 4. The van der Waals surface area contributed by atoms with Crippen molar-refractivity contribution in [2.75, 3.05) is 0 Å². The molecule has 1 aromatic rings. The number of esters is 1. The van der Waals surface area contributed by atoms with Crippen LogP contribution in [0.4, 0.5) is 0 Å². The van der Waals surface area contributed by atoms with Crippen molar-refractivity contribution in [2.45, 2.75) is 106 Å². The molecule has 282 valence electrons. The third-order valence-corrected chi connectivity index (χ3v) is 10.5. The van der Waals surface area contributed by atoms with Crippen LogP contribution in [-0.2, 0) is 33.3 Å². The van der Waals surface area contributed by atoms with Gasteiger partial charge in [-0.1, -0.05) is 42.5 Å². The summed E-state index contributed by atoms with van der Waals surface area (Å²) in [5, 5.41) is 64.6. The van der Waals surface area contributed by atoms with Gasteiger partial charge in [0.15, 0.2) is 17.2 Å². The molecule has 0 aromatic heterocycles. The first kappa shape index (κ1) is 38.1. The maximum atomic E-state index is 13.8. The highest BCUT2D eigenvalue weighted by Gasteiger charge is 2.69. The highest BCUT2D eigenvalue weighted by atomic mass is 16.8. The number of aliphatic carboxylic acids is 1. The normalized spacial score (nSPS) is 38.5. The van der Waals surface area contributed by atoms with Crippen LogP contribution in [0.5, 0.6) is 5.75 Å². The molecule has 1 aromatic carbocycles. The van der Waals surface area contributed by atoms with Gasteiger partial charge < -0.3 is 49.6 Å². The lowest BCUT2D eigenvalue weighted by Crippen LogP contribution is -2.74. The summed E-state index contributed by atoms with van der Waals surface area (Å²) in [7, 11) is 0. The average molecular weight is 737 g/mol. The standard InChI is InChI=1S/C38H40O15/c1-18-23(51-26(39)10-8-6-5-7-9-24-19(2)52-36(4,53-24)34(45)46)13-14-25(50-18)20-11-12-21-27(29(20)40)30(41)22-15-16-37(48)17-35(3,47)32(43)33(44)38(37,49)28(22)31(21)42/h5-12,15-16,18-19,23-25,32,40,43,47-49H,13-14,17H2,1-4H3,(H,45,46)/b6-5+,9-7+,10-8+/t18-,19?,23-,24?,25+,32?,35?,36?,37?,38?/m0/s1. The van der Waals surface area contributed by atoms with Gasteiger partial charge in [-0.3, -0.25) is 14.4 Å². The zero-order valence-electron chi connectivity index (χ0n) is 29.2. The Morgan fingerprint density at radius 3 is 2.30 bits per heavy atom. The molecule has 2 aliphatic heterocycles. The zero-order chi connectivity index (χ0) is 38.8. The number of benzene rings is 1. The van der Waals surface area contributed by atoms with Crippen LogP contribution in [-0.4, -0.2) is 113 Å². The van der Waals surface area contributed by atoms with E-state index in [0.717, 1.165) is 19.1 Å². The van der Waals surface area contributed by atoms with Crippen LogP contribution in [0, 0.1) is 0 Å². The molecular weight excluding hydrogens is 696 g/mol. The van der Waals surface area contributed by atoms with Crippen LogP contribution in [0.25, 0.3) is 0 Å². The molecule has 2 heterocycles. The molecule has 2 saturated heterocycles. The number of aliphatic hydroxyl groups excluding tert-OH is 1. The van der Waals surface area contributed by atoms with Crippen LogP contribution in [0.3, 0.4) is 0 Å². The highest BCUT2D eigenvalue weighted by Crippen LogP contribution is 2.52. The maximum Gasteiger partial charge on any atom is 0.364 e. The van der Waals surface area contributed by atoms with Crippen LogP contribution < -0.4 is 0 Å². The Morgan fingerprint density at radius 1 is 0.943 bits per heavy atom. The number of rotatable bonds is 7. The zero-order valence-corrected chi connectivity index (χ0v) is 29.2. The van der Waals surface area contributed by atoms with E-state index in [-0.39, 0.29) is 17.5 Å². The molecule has 0 radical (unpaired) electrons. The van der Waals surface area contributed by atoms with E-state index in [0.29, 0.717) is 6.42 Å². The number of aromatic hydroxyl groups is 1. The van der Waals surface area contributed by atoms with Crippen molar-refractivity contribution in [3.8, 4) is 5.75 Å². The van der Waals surface area contributed by atoms with Gasteiger partial charge in [0.25, 0.3) is 5.79 Å². The smallest absolute Gasteiger partial charge is 0.364 e. The van der Waals surface area contributed by atoms with Crippen LogP contribution >= 0.6 is 0 Å². The number of ketones is 3. The molecule has 5 aliphatic rings. The van der Waals surface area contributed by atoms with Gasteiger partial charge in [-0.25, -0.2) is 9.59 Å². The number of allylic oxidation sites excluding steroid dienone is 6. The van der Waals surface area contributed by atoms with Crippen molar-refractivity contribution in [2.24, 2.45) is 0 Å². The first-order valence-electron chi connectivity index (χ1n) is 17.0.